The molecule has 4 rings (SSSR count). The van der Waals surface area contributed by atoms with Gasteiger partial charge in [-0.2, -0.15) is 4.31 Å². The number of imide groups is 1. The number of carbonyl (C=O) groups excluding carboxylic acids is 3. The van der Waals surface area contributed by atoms with Gasteiger partial charge in [0, 0.05) is 13.1 Å². The molecule has 1 fully saturated rings. The normalized spacial score (nSPS) is 16.8. The summed E-state index contributed by atoms with van der Waals surface area (Å²) >= 11 is 6.08. The maximum Gasteiger partial charge on any atom is 0.339 e. The van der Waals surface area contributed by atoms with Gasteiger partial charge in [-0.15, -0.1) is 0 Å². The minimum atomic E-state index is -3.83. The van der Waals surface area contributed by atoms with E-state index < -0.39 is 34.5 Å². The van der Waals surface area contributed by atoms with Crippen molar-refractivity contribution in [3.8, 4) is 0 Å². The molecule has 0 spiro atoms. The molecule has 0 saturated carbocycles. The maximum atomic E-state index is 12.8. The van der Waals surface area contributed by atoms with Gasteiger partial charge in [0.15, 0.2) is 6.73 Å². The lowest BCUT2D eigenvalue weighted by Crippen LogP contribution is -2.33. The summed E-state index contributed by atoms with van der Waals surface area (Å²) in [4.78, 5) is 37.8. The SMILES string of the molecule is O=C(OCN1C(=O)c2ccccc2C1=O)c1ccc(Cl)c(S(=O)(=O)N2CCCC2)c1. The van der Waals surface area contributed by atoms with Crippen molar-refractivity contribution in [3.05, 3.63) is 64.2 Å². The Labute approximate surface area is 178 Å². The van der Waals surface area contributed by atoms with E-state index in [1.165, 1.54) is 28.6 Å². The molecule has 0 radical (unpaired) electrons. The molecule has 30 heavy (non-hydrogen) atoms. The number of nitrogens with zero attached hydrogens (tertiary/aromatic N) is 2. The Hall–Kier alpha value is -2.75. The van der Waals surface area contributed by atoms with Crippen LogP contribution in [0.3, 0.4) is 0 Å². The van der Waals surface area contributed by atoms with E-state index in [1.54, 1.807) is 12.1 Å². The first kappa shape index (κ1) is 20.5. The van der Waals surface area contributed by atoms with E-state index in [2.05, 4.69) is 0 Å². The van der Waals surface area contributed by atoms with Crippen LogP contribution in [-0.2, 0) is 14.8 Å². The Balaban J connectivity index is 1.51. The zero-order valence-corrected chi connectivity index (χ0v) is 17.3. The van der Waals surface area contributed by atoms with E-state index in [0.29, 0.717) is 13.1 Å². The van der Waals surface area contributed by atoms with Crippen LogP contribution in [0.25, 0.3) is 0 Å². The summed E-state index contributed by atoms with van der Waals surface area (Å²) in [5.74, 6) is -1.99. The van der Waals surface area contributed by atoms with Crippen molar-refractivity contribution in [2.45, 2.75) is 17.7 Å². The molecule has 0 aromatic heterocycles. The quantitative estimate of drug-likeness (QED) is 0.514. The third kappa shape index (κ3) is 3.49. The van der Waals surface area contributed by atoms with Crippen molar-refractivity contribution in [1.29, 1.82) is 0 Å². The van der Waals surface area contributed by atoms with Gasteiger partial charge in [-0.25, -0.2) is 18.1 Å². The number of hydrogen-bond donors (Lipinski definition) is 0. The molecule has 2 aliphatic heterocycles. The molecule has 2 aromatic rings. The van der Waals surface area contributed by atoms with E-state index in [9.17, 15) is 22.8 Å². The van der Waals surface area contributed by atoms with Crippen LogP contribution < -0.4 is 0 Å². The third-order valence-corrected chi connectivity index (χ3v) is 7.43. The number of carbonyl (C=O) groups is 3. The van der Waals surface area contributed by atoms with Crippen molar-refractivity contribution in [1.82, 2.24) is 9.21 Å². The molecular weight excluding hydrogens is 432 g/mol. The summed E-state index contributed by atoms with van der Waals surface area (Å²) in [6.45, 7) is 0.210. The topological polar surface area (TPSA) is 101 Å². The number of rotatable bonds is 5. The fourth-order valence-electron chi connectivity index (χ4n) is 3.46. The molecule has 2 heterocycles. The molecule has 0 bridgehead atoms. The summed E-state index contributed by atoms with van der Waals surface area (Å²) < 4.78 is 32.0. The lowest BCUT2D eigenvalue weighted by Gasteiger charge is -2.17. The van der Waals surface area contributed by atoms with Crippen LogP contribution in [0.4, 0.5) is 0 Å². The highest BCUT2D eigenvalue weighted by Gasteiger charge is 2.36. The van der Waals surface area contributed by atoms with Gasteiger partial charge < -0.3 is 4.74 Å². The highest BCUT2D eigenvalue weighted by atomic mass is 35.5. The minimum Gasteiger partial charge on any atom is -0.440 e. The Morgan fingerprint density at radius 2 is 1.60 bits per heavy atom. The zero-order valence-electron chi connectivity index (χ0n) is 15.7. The van der Waals surface area contributed by atoms with Crippen molar-refractivity contribution < 1.29 is 27.5 Å². The fraction of sp³-hybridized carbons (Fsp3) is 0.250. The van der Waals surface area contributed by atoms with Gasteiger partial charge in [-0.05, 0) is 43.2 Å². The Bertz CT molecular complexity index is 1120. The van der Waals surface area contributed by atoms with Crippen LogP contribution in [0.15, 0.2) is 47.4 Å². The molecule has 0 N–H and O–H groups in total. The molecule has 156 valence electrons. The van der Waals surface area contributed by atoms with Crippen molar-refractivity contribution in [2.24, 2.45) is 0 Å². The van der Waals surface area contributed by atoms with Gasteiger partial charge in [0.05, 0.1) is 21.7 Å². The minimum absolute atomic E-state index is 0.00111. The number of fused-ring (bicyclic) bond motifs is 1. The van der Waals surface area contributed by atoms with Gasteiger partial charge in [0.2, 0.25) is 10.0 Å². The number of benzene rings is 2. The number of amides is 2. The zero-order chi connectivity index (χ0) is 21.5. The van der Waals surface area contributed by atoms with Crippen LogP contribution in [0.1, 0.15) is 43.9 Å². The van der Waals surface area contributed by atoms with Gasteiger partial charge in [0.1, 0.15) is 4.90 Å². The first-order valence-corrected chi connectivity index (χ1v) is 11.0. The average Bonchev–Trinajstić information content (AvgIpc) is 3.36. The van der Waals surface area contributed by atoms with Gasteiger partial charge in [-0.3, -0.25) is 9.59 Å². The van der Waals surface area contributed by atoms with Crippen LogP contribution in [0, 0.1) is 0 Å². The van der Waals surface area contributed by atoms with Crippen molar-refractivity contribution in [3.63, 3.8) is 0 Å². The molecule has 0 unspecified atom stereocenters. The van der Waals surface area contributed by atoms with Gasteiger partial charge in [-0.1, -0.05) is 23.7 Å². The van der Waals surface area contributed by atoms with Gasteiger partial charge >= 0.3 is 5.97 Å². The summed E-state index contributed by atoms with van der Waals surface area (Å²) in [7, 11) is -3.83. The molecule has 8 nitrogen and oxygen atoms in total. The summed E-state index contributed by atoms with van der Waals surface area (Å²) in [6, 6.07) is 10.1. The largest absolute Gasteiger partial charge is 0.440 e. The highest BCUT2D eigenvalue weighted by molar-refractivity contribution is 7.89. The van der Waals surface area contributed by atoms with Crippen LogP contribution in [-0.4, -0.2) is 55.2 Å². The molecule has 0 aliphatic carbocycles. The maximum absolute atomic E-state index is 12.8. The Morgan fingerprint density at radius 3 is 2.20 bits per heavy atom. The van der Waals surface area contributed by atoms with E-state index in [4.69, 9.17) is 16.3 Å². The van der Waals surface area contributed by atoms with E-state index >= 15 is 0 Å². The molecule has 2 aromatic carbocycles. The number of sulfonamides is 1. The smallest absolute Gasteiger partial charge is 0.339 e. The highest BCUT2D eigenvalue weighted by Crippen LogP contribution is 2.28. The lowest BCUT2D eigenvalue weighted by atomic mass is 10.1. The molecule has 0 atom stereocenters. The molecule has 2 aliphatic rings. The second-order valence-corrected chi connectivity index (χ2v) is 9.21. The number of ether oxygens (including phenoxy) is 1. The molecular formula is C20H17ClN2O6S. The second kappa shape index (κ2) is 7.82. The third-order valence-electron chi connectivity index (χ3n) is 5.05. The monoisotopic (exact) mass is 448 g/mol. The Kier molecular flexibility index (Phi) is 5.35. The average molecular weight is 449 g/mol. The summed E-state index contributed by atoms with van der Waals surface area (Å²) in [5.41, 5.74) is 0.432. The first-order chi connectivity index (χ1) is 14.3. The molecule has 10 heteroatoms. The van der Waals surface area contributed by atoms with E-state index in [0.717, 1.165) is 23.8 Å². The van der Waals surface area contributed by atoms with Crippen LogP contribution >= 0.6 is 11.6 Å². The first-order valence-electron chi connectivity index (χ1n) is 9.23. The second-order valence-electron chi connectivity index (χ2n) is 6.90. The fourth-order valence-corrected chi connectivity index (χ4v) is 5.48. The molecule has 1 saturated heterocycles. The van der Waals surface area contributed by atoms with Crippen molar-refractivity contribution in [2.75, 3.05) is 19.8 Å². The van der Waals surface area contributed by atoms with Crippen LogP contribution in [0.5, 0.6) is 0 Å². The van der Waals surface area contributed by atoms with Crippen molar-refractivity contribution >= 4 is 39.4 Å². The Morgan fingerprint density at radius 1 is 1.00 bits per heavy atom. The summed E-state index contributed by atoms with van der Waals surface area (Å²) in [5, 5.41) is -0.00111. The number of hydrogen-bond acceptors (Lipinski definition) is 6. The lowest BCUT2D eigenvalue weighted by molar-refractivity contribution is 0.0228. The van der Waals surface area contributed by atoms with Gasteiger partial charge in [0.25, 0.3) is 11.8 Å². The predicted molar refractivity (Wildman–Crippen MR) is 107 cm³/mol. The number of esters is 1. The van der Waals surface area contributed by atoms with E-state index in [1.807, 2.05) is 0 Å². The predicted octanol–water partition coefficient (Wildman–Crippen LogP) is 2.54. The van der Waals surface area contributed by atoms with E-state index in [-0.39, 0.29) is 26.6 Å². The number of halogens is 1. The standard InChI is InChI=1S/C20H17ClN2O6S/c21-16-8-7-13(11-17(16)30(27,28)22-9-3-4-10-22)20(26)29-12-23-18(24)14-5-1-2-6-15(14)19(23)25/h1-2,5-8,11H,3-4,9-10,12H2. The molecule has 2 amide bonds. The van der Waals surface area contributed by atoms with Crippen LogP contribution in [0.2, 0.25) is 5.02 Å². The summed E-state index contributed by atoms with van der Waals surface area (Å²) in [6.07, 6.45) is 1.53.